The van der Waals surface area contributed by atoms with Gasteiger partial charge in [0, 0.05) is 11.8 Å². The molecule has 0 radical (unpaired) electrons. The number of pyridine rings is 1. The molecule has 0 saturated carbocycles. The number of benzene rings is 1. The van der Waals surface area contributed by atoms with Crippen LogP contribution < -0.4 is 20.7 Å². The molecule has 1 atom stereocenters. The molecule has 100 valence electrons. The molecule has 1 unspecified atom stereocenters. The molecule has 0 saturated heterocycles. The summed E-state index contributed by atoms with van der Waals surface area (Å²) in [7, 11) is 3.24. The van der Waals surface area contributed by atoms with Crippen LogP contribution in [-0.4, -0.2) is 19.2 Å². The molecule has 1 heterocycles. The summed E-state index contributed by atoms with van der Waals surface area (Å²) in [5.74, 6) is 7.14. The lowest BCUT2D eigenvalue weighted by Gasteiger charge is -2.19. The van der Waals surface area contributed by atoms with Crippen LogP contribution in [0.25, 0.3) is 0 Å². The standard InChI is InChI=1S/C14H17N3O2/c1-18-10-6-7-13(19-2)11(9-10)14(17-15)12-5-3-4-8-16-12/h3-9,14,17H,15H2,1-2H3. The molecule has 0 aliphatic heterocycles. The highest BCUT2D eigenvalue weighted by Crippen LogP contribution is 2.31. The Morgan fingerprint density at radius 2 is 2.00 bits per heavy atom. The second kappa shape index (κ2) is 6.17. The Hall–Kier alpha value is -2.11. The number of nitrogens with one attached hydrogen (secondary N) is 1. The molecule has 5 heteroatoms. The minimum absolute atomic E-state index is 0.258. The molecule has 1 aromatic carbocycles. The number of nitrogens with two attached hydrogens (primary N) is 1. The topological polar surface area (TPSA) is 69.4 Å². The Balaban J connectivity index is 2.48. The molecule has 0 spiro atoms. The minimum Gasteiger partial charge on any atom is -0.497 e. The fourth-order valence-electron chi connectivity index (χ4n) is 1.95. The van der Waals surface area contributed by atoms with Crippen LogP contribution in [0.1, 0.15) is 17.3 Å². The third-order valence-corrected chi connectivity index (χ3v) is 2.90. The van der Waals surface area contributed by atoms with E-state index in [1.165, 1.54) is 0 Å². The first-order valence-corrected chi connectivity index (χ1v) is 5.89. The van der Waals surface area contributed by atoms with Crippen molar-refractivity contribution in [3.05, 3.63) is 53.9 Å². The second-order valence-electron chi connectivity index (χ2n) is 3.96. The van der Waals surface area contributed by atoms with Gasteiger partial charge >= 0.3 is 0 Å². The van der Waals surface area contributed by atoms with Gasteiger partial charge in [0.05, 0.1) is 26.0 Å². The Labute approximate surface area is 112 Å². The number of ether oxygens (including phenoxy) is 2. The average molecular weight is 259 g/mol. The van der Waals surface area contributed by atoms with Gasteiger partial charge in [-0.1, -0.05) is 6.07 Å². The van der Waals surface area contributed by atoms with Crippen molar-refractivity contribution >= 4 is 0 Å². The van der Waals surface area contributed by atoms with Gasteiger partial charge in [-0.05, 0) is 30.3 Å². The first-order chi connectivity index (χ1) is 9.30. The summed E-state index contributed by atoms with van der Waals surface area (Å²) < 4.78 is 10.6. The van der Waals surface area contributed by atoms with Gasteiger partial charge in [0.15, 0.2) is 0 Å². The van der Waals surface area contributed by atoms with E-state index in [0.29, 0.717) is 0 Å². The molecule has 5 nitrogen and oxygen atoms in total. The number of hydrogen-bond donors (Lipinski definition) is 2. The summed E-state index contributed by atoms with van der Waals surface area (Å²) in [6.07, 6.45) is 1.73. The van der Waals surface area contributed by atoms with Crippen LogP contribution in [-0.2, 0) is 0 Å². The lowest BCUT2D eigenvalue weighted by molar-refractivity contribution is 0.393. The van der Waals surface area contributed by atoms with Gasteiger partial charge in [0.25, 0.3) is 0 Å². The average Bonchev–Trinajstić information content (AvgIpc) is 2.49. The highest BCUT2D eigenvalue weighted by atomic mass is 16.5. The first kappa shape index (κ1) is 13.3. The van der Waals surface area contributed by atoms with E-state index in [1.54, 1.807) is 20.4 Å². The molecule has 2 rings (SSSR count). The smallest absolute Gasteiger partial charge is 0.124 e. The van der Waals surface area contributed by atoms with Crippen molar-refractivity contribution in [1.29, 1.82) is 0 Å². The predicted octanol–water partition coefficient (Wildman–Crippen LogP) is 1.65. The maximum absolute atomic E-state index is 5.67. The van der Waals surface area contributed by atoms with E-state index in [2.05, 4.69) is 10.4 Å². The highest BCUT2D eigenvalue weighted by molar-refractivity contribution is 5.44. The van der Waals surface area contributed by atoms with Crippen LogP contribution in [0.3, 0.4) is 0 Å². The van der Waals surface area contributed by atoms with Crippen molar-refractivity contribution in [3.63, 3.8) is 0 Å². The summed E-state index contributed by atoms with van der Waals surface area (Å²) >= 11 is 0. The van der Waals surface area contributed by atoms with E-state index < -0.39 is 0 Å². The van der Waals surface area contributed by atoms with Gasteiger partial charge in [-0.3, -0.25) is 10.8 Å². The number of hydrogen-bond acceptors (Lipinski definition) is 5. The van der Waals surface area contributed by atoms with Crippen molar-refractivity contribution in [3.8, 4) is 11.5 Å². The summed E-state index contributed by atoms with van der Waals surface area (Å²) in [5.41, 5.74) is 4.46. The molecule has 3 N–H and O–H groups in total. The van der Waals surface area contributed by atoms with Gasteiger partial charge in [-0.25, -0.2) is 5.43 Å². The minimum atomic E-state index is -0.258. The van der Waals surface area contributed by atoms with Crippen molar-refractivity contribution in [1.82, 2.24) is 10.4 Å². The number of nitrogens with zero attached hydrogens (tertiary/aromatic N) is 1. The molecular weight excluding hydrogens is 242 g/mol. The lowest BCUT2D eigenvalue weighted by Crippen LogP contribution is -2.29. The predicted molar refractivity (Wildman–Crippen MR) is 72.9 cm³/mol. The van der Waals surface area contributed by atoms with Crippen LogP contribution >= 0.6 is 0 Å². The molecule has 0 aliphatic rings. The fourth-order valence-corrected chi connectivity index (χ4v) is 1.95. The summed E-state index contributed by atoms with van der Waals surface area (Å²) in [5, 5.41) is 0. The molecule has 2 aromatic rings. The molecule has 0 bridgehead atoms. The number of aromatic nitrogens is 1. The van der Waals surface area contributed by atoms with Crippen LogP contribution in [0.15, 0.2) is 42.6 Å². The Morgan fingerprint density at radius 3 is 2.58 bits per heavy atom. The van der Waals surface area contributed by atoms with Crippen molar-refractivity contribution in [2.75, 3.05) is 14.2 Å². The molecule has 0 fully saturated rings. The Morgan fingerprint density at radius 1 is 1.16 bits per heavy atom. The van der Waals surface area contributed by atoms with E-state index in [1.807, 2.05) is 36.4 Å². The highest BCUT2D eigenvalue weighted by Gasteiger charge is 2.18. The zero-order chi connectivity index (χ0) is 13.7. The fraction of sp³-hybridized carbons (Fsp3) is 0.214. The van der Waals surface area contributed by atoms with Crippen LogP contribution in [0.2, 0.25) is 0 Å². The zero-order valence-electron chi connectivity index (χ0n) is 11.0. The van der Waals surface area contributed by atoms with Crippen LogP contribution in [0.5, 0.6) is 11.5 Å². The Bertz CT molecular complexity index is 531. The monoisotopic (exact) mass is 259 g/mol. The van der Waals surface area contributed by atoms with E-state index >= 15 is 0 Å². The van der Waals surface area contributed by atoms with Crippen LogP contribution in [0.4, 0.5) is 0 Å². The van der Waals surface area contributed by atoms with Gasteiger partial charge in [0.1, 0.15) is 11.5 Å². The Kier molecular flexibility index (Phi) is 4.33. The summed E-state index contributed by atoms with van der Waals surface area (Å²) in [6.45, 7) is 0. The molecular formula is C14H17N3O2. The SMILES string of the molecule is COc1ccc(OC)c(C(NN)c2ccccn2)c1. The largest absolute Gasteiger partial charge is 0.497 e. The third-order valence-electron chi connectivity index (χ3n) is 2.90. The second-order valence-corrected chi connectivity index (χ2v) is 3.96. The number of methoxy groups -OCH3 is 2. The normalized spacial score (nSPS) is 11.9. The maximum atomic E-state index is 5.67. The van der Waals surface area contributed by atoms with E-state index in [-0.39, 0.29) is 6.04 Å². The molecule has 1 aromatic heterocycles. The maximum Gasteiger partial charge on any atom is 0.124 e. The quantitative estimate of drug-likeness (QED) is 0.631. The van der Waals surface area contributed by atoms with Crippen molar-refractivity contribution < 1.29 is 9.47 Å². The van der Waals surface area contributed by atoms with E-state index in [0.717, 1.165) is 22.8 Å². The van der Waals surface area contributed by atoms with Gasteiger partial charge in [-0.2, -0.15) is 0 Å². The van der Waals surface area contributed by atoms with Crippen molar-refractivity contribution in [2.45, 2.75) is 6.04 Å². The summed E-state index contributed by atoms with van der Waals surface area (Å²) in [6, 6.07) is 11.0. The number of rotatable bonds is 5. The van der Waals surface area contributed by atoms with Gasteiger partial charge < -0.3 is 9.47 Å². The van der Waals surface area contributed by atoms with Crippen LogP contribution in [0, 0.1) is 0 Å². The number of hydrazine groups is 1. The lowest BCUT2D eigenvalue weighted by atomic mass is 10.0. The molecule has 0 amide bonds. The zero-order valence-corrected chi connectivity index (χ0v) is 11.0. The van der Waals surface area contributed by atoms with Crippen molar-refractivity contribution in [2.24, 2.45) is 5.84 Å². The van der Waals surface area contributed by atoms with Gasteiger partial charge in [0.2, 0.25) is 0 Å². The van der Waals surface area contributed by atoms with E-state index in [4.69, 9.17) is 15.3 Å². The molecule has 19 heavy (non-hydrogen) atoms. The summed E-state index contributed by atoms with van der Waals surface area (Å²) in [4.78, 5) is 4.32. The third kappa shape index (κ3) is 2.83. The van der Waals surface area contributed by atoms with E-state index in [9.17, 15) is 0 Å². The molecule has 0 aliphatic carbocycles. The first-order valence-electron chi connectivity index (χ1n) is 5.89. The van der Waals surface area contributed by atoms with Gasteiger partial charge in [-0.15, -0.1) is 0 Å².